The van der Waals surface area contributed by atoms with Gasteiger partial charge in [-0.05, 0) is 147 Å². The topological polar surface area (TPSA) is 74.3 Å². The van der Waals surface area contributed by atoms with Gasteiger partial charge in [0.05, 0.1) is 24.3 Å². The van der Waals surface area contributed by atoms with Crippen LogP contribution in [0.2, 0.25) is 0 Å². The lowest BCUT2D eigenvalue weighted by Gasteiger charge is -2.35. The molecular weight excluding hydrogens is 1030 g/mol. The molecule has 0 amide bonds. The van der Waals surface area contributed by atoms with Crippen molar-refractivity contribution >= 4 is 29.0 Å². The van der Waals surface area contributed by atoms with Gasteiger partial charge in [0.1, 0.15) is 11.5 Å². The maximum Gasteiger partial charge on any atom is 0.451 e. The van der Waals surface area contributed by atoms with Crippen molar-refractivity contribution in [2.45, 2.75) is 87.8 Å². The van der Waals surface area contributed by atoms with Gasteiger partial charge >= 0.3 is 60.2 Å². The summed E-state index contributed by atoms with van der Waals surface area (Å²) in [5, 5.41) is 0. The number of esters is 2. The number of nitrogens with zero attached hydrogens (tertiary/aromatic N) is 1. The Hall–Kier alpha value is -6.82. The molecule has 0 aliphatic rings. The van der Waals surface area contributed by atoms with Gasteiger partial charge in [-0.3, -0.25) is 0 Å². The van der Waals surface area contributed by atoms with E-state index in [-0.39, 0.29) is 37.2 Å². The first kappa shape index (κ1) is 57.1. The third-order valence-corrected chi connectivity index (χ3v) is 10.9. The molecule has 0 N–H and O–H groups in total. The first-order valence-corrected chi connectivity index (χ1v) is 21.0. The van der Waals surface area contributed by atoms with E-state index < -0.39 is 71.7 Å². The minimum absolute atomic E-state index is 0.181. The Bertz CT molecular complexity index is 2480. The average Bonchev–Trinajstić information content (AvgIpc) is 3.29. The van der Waals surface area contributed by atoms with Crippen LogP contribution < -0.4 is 14.4 Å². The Morgan fingerprint density at radius 1 is 0.411 bits per heavy atom. The van der Waals surface area contributed by atoms with Gasteiger partial charge in [0.2, 0.25) is 0 Å². The van der Waals surface area contributed by atoms with E-state index in [9.17, 15) is 88.6 Å². The molecule has 0 bridgehead atoms. The van der Waals surface area contributed by atoms with Crippen LogP contribution in [-0.2, 0) is 22.3 Å². The molecule has 0 heterocycles. The van der Waals surface area contributed by atoms with Gasteiger partial charge in [0.15, 0.2) is 0 Å². The first-order chi connectivity index (χ1) is 33.6. The lowest BCUT2D eigenvalue weighted by Crippen LogP contribution is -2.66. The fourth-order valence-corrected chi connectivity index (χ4v) is 6.72. The van der Waals surface area contributed by atoms with Gasteiger partial charge in [-0.15, -0.1) is 0 Å². The van der Waals surface area contributed by atoms with Crippen molar-refractivity contribution in [3.8, 4) is 11.5 Å². The van der Waals surface area contributed by atoms with Gasteiger partial charge < -0.3 is 23.8 Å². The number of anilines is 3. The van der Waals surface area contributed by atoms with Gasteiger partial charge in [0, 0.05) is 17.1 Å². The molecule has 0 atom stereocenters. The number of ether oxygens (including phenoxy) is 4. The zero-order valence-electron chi connectivity index (χ0n) is 37.4. The van der Waals surface area contributed by atoms with Gasteiger partial charge in [-0.25, -0.2) is 18.4 Å². The number of rotatable bonds is 19. The van der Waals surface area contributed by atoms with Crippen molar-refractivity contribution in [3.05, 3.63) is 149 Å². The summed E-state index contributed by atoms with van der Waals surface area (Å²) in [5.41, 5.74) is -8.93. The molecule has 396 valence electrons. The molecule has 73 heavy (non-hydrogen) atoms. The Balaban J connectivity index is 1.14. The van der Waals surface area contributed by atoms with Crippen LogP contribution >= 0.6 is 0 Å². The maximum absolute atomic E-state index is 14.0. The molecule has 0 aliphatic heterocycles. The van der Waals surface area contributed by atoms with E-state index >= 15 is 0 Å². The third kappa shape index (κ3) is 12.5. The number of carbonyl (C=O) groups is 2. The summed E-state index contributed by atoms with van der Waals surface area (Å²) in [6, 6.07) is 24.9. The van der Waals surface area contributed by atoms with Crippen molar-refractivity contribution in [3.63, 3.8) is 0 Å². The van der Waals surface area contributed by atoms with E-state index in [1.54, 1.807) is 0 Å². The summed E-state index contributed by atoms with van der Waals surface area (Å²) in [4.78, 5) is 27.0. The number of aryl methyl sites for hydroxylation is 4. The molecule has 0 aromatic heterocycles. The van der Waals surface area contributed by atoms with E-state index in [4.69, 9.17) is 9.47 Å². The highest BCUT2D eigenvalue weighted by atomic mass is 19.4. The molecule has 0 saturated heterocycles. The molecule has 5 aromatic rings. The van der Waals surface area contributed by atoms with Gasteiger partial charge in [0.25, 0.3) is 0 Å². The van der Waals surface area contributed by atoms with Crippen molar-refractivity contribution in [2.75, 3.05) is 18.1 Å². The monoisotopic (exact) mass is 1070 g/mol. The van der Waals surface area contributed by atoms with Crippen LogP contribution in [-0.4, -0.2) is 73.4 Å². The maximum atomic E-state index is 14.0. The second-order valence-corrected chi connectivity index (χ2v) is 16.0. The first-order valence-electron chi connectivity index (χ1n) is 21.0. The van der Waals surface area contributed by atoms with Crippen molar-refractivity contribution in [1.29, 1.82) is 0 Å². The summed E-state index contributed by atoms with van der Waals surface area (Å²) < 4.78 is 255. The predicted molar refractivity (Wildman–Crippen MR) is 224 cm³/mol. The Labute approximate surface area is 402 Å². The van der Waals surface area contributed by atoms with E-state index in [1.165, 1.54) is 0 Å². The number of alkyl halides is 18. The Morgan fingerprint density at radius 3 is 1.03 bits per heavy atom. The summed E-state index contributed by atoms with van der Waals surface area (Å²) >= 11 is 0. The molecule has 5 rings (SSSR count). The van der Waals surface area contributed by atoms with Crippen LogP contribution in [0.5, 0.6) is 11.5 Å². The normalized spacial score (nSPS) is 13.1. The third-order valence-electron chi connectivity index (χ3n) is 10.9. The molecular formula is C48H37F18NO6. The van der Waals surface area contributed by atoms with Crippen molar-refractivity contribution in [2.24, 2.45) is 0 Å². The highest BCUT2D eigenvalue weighted by molar-refractivity contribution is 5.90. The smallest absolute Gasteiger partial charge is 0.451 e. The van der Waals surface area contributed by atoms with Gasteiger partial charge in [-0.2, -0.15) is 70.2 Å². The number of benzene rings is 5. The zero-order valence-corrected chi connectivity index (χ0v) is 37.4. The molecule has 0 spiro atoms. The molecule has 0 fully saturated rings. The van der Waals surface area contributed by atoms with Crippen LogP contribution in [0.25, 0.3) is 0 Å². The van der Waals surface area contributed by atoms with E-state index in [0.717, 1.165) is 39.3 Å². The molecule has 0 saturated carbocycles. The highest BCUT2D eigenvalue weighted by Gasteiger charge is 2.87. The Morgan fingerprint density at radius 2 is 0.726 bits per heavy atom. The van der Waals surface area contributed by atoms with Crippen LogP contribution in [0.3, 0.4) is 0 Å². The summed E-state index contributed by atoms with van der Waals surface area (Å²) in [5.74, 6) is -4.68. The number of hydrogen-bond acceptors (Lipinski definition) is 7. The van der Waals surface area contributed by atoms with Crippen LogP contribution in [0.1, 0.15) is 55.8 Å². The van der Waals surface area contributed by atoms with Crippen LogP contribution in [0.4, 0.5) is 96.1 Å². The van der Waals surface area contributed by atoms with Crippen molar-refractivity contribution in [1.82, 2.24) is 0 Å². The summed E-state index contributed by atoms with van der Waals surface area (Å²) in [6.07, 6.45) is -40.0. The van der Waals surface area contributed by atoms with Crippen LogP contribution in [0, 0.1) is 13.8 Å². The quantitative estimate of drug-likeness (QED) is 0.0463. The molecule has 7 nitrogen and oxygen atoms in total. The van der Waals surface area contributed by atoms with E-state index in [1.807, 2.05) is 85.5 Å². The summed E-state index contributed by atoms with van der Waals surface area (Å²) in [6.45, 7) is 3.50. The van der Waals surface area contributed by atoms with Crippen LogP contribution in [0.15, 0.2) is 115 Å². The predicted octanol–water partition coefficient (Wildman–Crippen LogP) is 15.0. The number of carbonyl (C=O) groups excluding carboxylic acids is 2. The number of hydrogen-bond donors (Lipinski definition) is 0. The molecule has 0 radical (unpaired) electrons. The van der Waals surface area contributed by atoms with E-state index in [2.05, 4.69) is 9.47 Å². The largest absolute Gasteiger partial charge is 0.462 e. The second kappa shape index (κ2) is 21.3. The molecule has 5 aromatic carbocycles. The highest BCUT2D eigenvalue weighted by Crippen LogP contribution is 2.56. The molecule has 0 aliphatic carbocycles. The second-order valence-electron chi connectivity index (χ2n) is 16.0. The molecule has 25 heteroatoms. The fraction of sp³-hybridized carbons (Fsp3) is 0.333. The van der Waals surface area contributed by atoms with Crippen molar-refractivity contribution < 1.29 is 108 Å². The minimum Gasteiger partial charge on any atom is -0.462 e. The fourth-order valence-electron chi connectivity index (χ4n) is 6.72. The molecule has 0 unspecified atom stereocenters. The summed E-state index contributed by atoms with van der Waals surface area (Å²) in [7, 11) is 0. The lowest BCUT2D eigenvalue weighted by atomic mass is 10.0. The van der Waals surface area contributed by atoms with E-state index in [0.29, 0.717) is 61.4 Å². The number of halogens is 18. The lowest BCUT2D eigenvalue weighted by molar-refractivity contribution is -0.434. The zero-order chi connectivity index (χ0) is 54.6. The van der Waals surface area contributed by atoms with Gasteiger partial charge in [-0.1, -0.05) is 30.3 Å². The SMILES string of the molecule is Cc1ccc(N(c2ccc(CCCOC(=O)c3ccc(OC(F)(F)C(F)(C(F)(F)F)C(F)(F)F)cc3)cc2)c2ccc(CCCOC(=O)c3ccc(OC(F)(F)C(F)(C(F)(F)F)C(F)(F)F)cc3)cc2)cc1C. The standard InChI is InChI=1S/C48H37F18NO6/c1-28-7-16-36(27-29(28)2)67(34-17-8-30(9-18-34)5-3-25-70-39(68)32-12-21-37(22-13-32)72-47(63,64)41(49,43(51,52)53)44(54,55)56)35-19-10-31(11-20-35)6-4-26-71-40(69)33-14-23-38(24-15-33)73-48(65,66)42(50,45(57,58)59)46(60,61)62/h7-24,27H,3-6,25-26H2,1-2H3. The minimum atomic E-state index is -7.10. The Kier molecular flexibility index (Phi) is 16.7. The average molecular weight is 1070 g/mol.